The predicted molar refractivity (Wildman–Crippen MR) is 68.2 cm³/mol. The van der Waals surface area contributed by atoms with Crippen molar-refractivity contribution in [1.82, 2.24) is 9.88 Å². The summed E-state index contributed by atoms with van der Waals surface area (Å²) < 4.78 is 0. The van der Waals surface area contributed by atoms with E-state index >= 15 is 0 Å². The topological polar surface area (TPSA) is 33.2 Å². The van der Waals surface area contributed by atoms with E-state index in [-0.39, 0.29) is 5.91 Å². The van der Waals surface area contributed by atoms with Crippen LogP contribution in [0.25, 0.3) is 0 Å². The summed E-state index contributed by atoms with van der Waals surface area (Å²) in [6.07, 6.45) is 6.64. The molecule has 92 valence electrons. The van der Waals surface area contributed by atoms with Crippen molar-refractivity contribution >= 4 is 17.5 Å². The summed E-state index contributed by atoms with van der Waals surface area (Å²) in [6.45, 7) is 3.88. The van der Waals surface area contributed by atoms with Crippen LogP contribution in [0.15, 0.2) is 18.5 Å². The number of likely N-dealkylation sites (tertiary alicyclic amines) is 1. The van der Waals surface area contributed by atoms with Gasteiger partial charge in [0, 0.05) is 25.5 Å². The summed E-state index contributed by atoms with van der Waals surface area (Å²) in [5.41, 5.74) is 0.520. The highest BCUT2D eigenvalue weighted by Gasteiger charge is 2.27. The molecule has 1 aliphatic heterocycles. The molecule has 1 aromatic rings. The van der Waals surface area contributed by atoms with E-state index in [0.717, 1.165) is 19.5 Å². The number of carbonyl (C=O) groups excluding carboxylic acids is 1. The zero-order valence-corrected chi connectivity index (χ0v) is 10.8. The maximum absolute atomic E-state index is 12.2. The number of aromatic nitrogens is 1. The lowest BCUT2D eigenvalue weighted by Crippen LogP contribution is -2.29. The van der Waals surface area contributed by atoms with Gasteiger partial charge in [0.15, 0.2) is 0 Å². The molecule has 1 aromatic heterocycles. The molecule has 1 aliphatic rings. The number of pyridine rings is 1. The van der Waals surface area contributed by atoms with E-state index in [1.54, 1.807) is 18.5 Å². The van der Waals surface area contributed by atoms with Crippen molar-refractivity contribution in [3.05, 3.63) is 29.0 Å². The second kappa shape index (κ2) is 5.50. The molecule has 2 heterocycles. The number of hydrogen-bond acceptors (Lipinski definition) is 2. The molecule has 1 atom stereocenters. The van der Waals surface area contributed by atoms with E-state index in [2.05, 4.69) is 11.9 Å². The van der Waals surface area contributed by atoms with Gasteiger partial charge < -0.3 is 4.90 Å². The molecule has 1 fully saturated rings. The molecule has 0 aromatic carbocycles. The maximum atomic E-state index is 12.2. The Morgan fingerprint density at radius 3 is 3.18 bits per heavy atom. The molecule has 0 aliphatic carbocycles. The standard InChI is InChI=1S/C13H17ClN2O/c1-2-3-10-5-7-16(9-10)13(17)11-8-15-6-4-12(11)14/h4,6,8,10H,2-3,5,7,9H2,1H3. The predicted octanol–water partition coefficient (Wildman–Crippen LogP) is 3.00. The first-order valence-electron chi connectivity index (χ1n) is 6.11. The fourth-order valence-corrected chi connectivity index (χ4v) is 2.55. The van der Waals surface area contributed by atoms with Gasteiger partial charge in [-0.3, -0.25) is 9.78 Å². The van der Waals surface area contributed by atoms with Gasteiger partial charge in [-0.25, -0.2) is 0 Å². The summed E-state index contributed by atoms with van der Waals surface area (Å²) >= 11 is 6.01. The summed E-state index contributed by atoms with van der Waals surface area (Å²) in [4.78, 5) is 18.1. The average Bonchev–Trinajstić information content (AvgIpc) is 2.78. The van der Waals surface area contributed by atoms with Crippen molar-refractivity contribution in [2.75, 3.05) is 13.1 Å². The normalized spacial score (nSPS) is 19.6. The molecule has 0 radical (unpaired) electrons. The number of halogens is 1. The summed E-state index contributed by atoms with van der Waals surface area (Å²) in [6, 6.07) is 1.66. The van der Waals surface area contributed by atoms with Crippen molar-refractivity contribution in [3.63, 3.8) is 0 Å². The Morgan fingerprint density at radius 1 is 1.65 bits per heavy atom. The van der Waals surface area contributed by atoms with Crippen LogP contribution >= 0.6 is 11.6 Å². The molecule has 1 saturated heterocycles. The van der Waals surface area contributed by atoms with Crippen LogP contribution in [0.5, 0.6) is 0 Å². The van der Waals surface area contributed by atoms with Crippen LogP contribution < -0.4 is 0 Å². The number of carbonyl (C=O) groups is 1. The summed E-state index contributed by atoms with van der Waals surface area (Å²) in [5.74, 6) is 0.668. The van der Waals surface area contributed by atoms with Crippen molar-refractivity contribution in [3.8, 4) is 0 Å². The molecule has 3 nitrogen and oxygen atoms in total. The van der Waals surface area contributed by atoms with Gasteiger partial charge in [-0.1, -0.05) is 24.9 Å². The smallest absolute Gasteiger partial charge is 0.256 e. The third-order valence-electron chi connectivity index (χ3n) is 3.27. The van der Waals surface area contributed by atoms with Gasteiger partial charge in [-0.15, -0.1) is 0 Å². The molecule has 0 spiro atoms. The highest BCUT2D eigenvalue weighted by molar-refractivity contribution is 6.33. The van der Waals surface area contributed by atoms with E-state index in [1.807, 2.05) is 4.90 Å². The molecular weight excluding hydrogens is 236 g/mol. The SMILES string of the molecule is CCCC1CCN(C(=O)c2cnccc2Cl)C1. The van der Waals surface area contributed by atoms with Gasteiger partial charge in [0.05, 0.1) is 10.6 Å². The van der Waals surface area contributed by atoms with Crippen molar-refractivity contribution in [2.24, 2.45) is 5.92 Å². The summed E-state index contributed by atoms with van der Waals surface area (Å²) in [7, 11) is 0. The Morgan fingerprint density at radius 2 is 2.47 bits per heavy atom. The van der Waals surface area contributed by atoms with E-state index in [4.69, 9.17) is 11.6 Å². The quantitative estimate of drug-likeness (QED) is 0.829. The molecule has 4 heteroatoms. The Kier molecular flexibility index (Phi) is 4.00. The van der Waals surface area contributed by atoms with Gasteiger partial charge in [-0.05, 0) is 24.8 Å². The minimum absolute atomic E-state index is 0.0155. The lowest BCUT2D eigenvalue weighted by atomic mass is 10.0. The molecule has 17 heavy (non-hydrogen) atoms. The Bertz CT molecular complexity index is 408. The fraction of sp³-hybridized carbons (Fsp3) is 0.538. The zero-order chi connectivity index (χ0) is 12.3. The Hall–Kier alpha value is -1.09. The highest BCUT2D eigenvalue weighted by atomic mass is 35.5. The number of hydrogen-bond donors (Lipinski definition) is 0. The van der Waals surface area contributed by atoms with E-state index in [9.17, 15) is 4.79 Å². The van der Waals surface area contributed by atoms with Crippen LogP contribution in [0.1, 0.15) is 36.5 Å². The van der Waals surface area contributed by atoms with Crippen LogP contribution in [0.2, 0.25) is 5.02 Å². The highest BCUT2D eigenvalue weighted by Crippen LogP contribution is 2.24. The first-order valence-corrected chi connectivity index (χ1v) is 6.49. The van der Waals surface area contributed by atoms with Gasteiger partial charge >= 0.3 is 0 Å². The van der Waals surface area contributed by atoms with E-state index in [0.29, 0.717) is 16.5 Å². The van der Waals surface area contributed by atoms with Crippen molar-refractivity contribution in [1.29, 1.82) is 0 Å². The maximum Gasteiger partial charge on any atom is 0.256 e. The molecule has 0 bridgehead atoms. The third-order valence-corrected chi connectivity index (χ3v) is 3.60. The lowest BCUT2D eigenvalue weighted by Gasteiger charge is -2.16. The second-order valence-electron chi connectivity index (χ2n) is 4.55. The monoisotopic (exact) mass is 252 g/mol. The summed E-state index contributed by atoms with van der Waals surface area (Å²) in [5, 5.41) is 0.490. The average molecular weight is 253 g/mol. The Balaban J connectivity index is 2.05. The molecular formula is C13H17ClN2O. The first kappa shape index (κ1) is 12.4. The third kappa shape index (κ3) is 2.78. The second-order valence-corrected chi connectivity index (χ2v) is 4.96. The van der Waals surface area contributed by atoms with Crippen molar-refractivity contribution in [2.45, 2.75) is 26.2 Å². The molecule has 1 amide bonds. The Labute approximate surface area is 107 Å². The molecule has 1 unspecified atom stereocenters. The van der Waals surface area contributed by atoms with Crippen LogP contribution in [-0.4, -0.2) is 28.9 Å². The van der Waals surface area contributed by atoms with E-state index < -0.39 is 0 Å². The zero-order valence-electron chi connectivity index (χ0n) is 10.0. The van der Waals surface area contributed by atoms with Gasteiger partial charge in [0.2, 0.25) is 0 Å². The largest absolute Gasteiger partial charge is 0.338 e. The molecule has 2 rings (SSSR count). The fourth-order valence-electron chi connectivity index (χ4n) is 2.37. The van der Waals surface area contributed by atoms with Crippen LogP contribution in [0.4, 0.5) is 0 Å². The van der Waals surface area contributed by atoms with Crippen LogP contribution in [0.3, 0.4) is 0 Å². The number of amides is 1. The van der Waals surface area contributed by atoms with Gasteiger partial charge in [0.25, 0.3) is 5.91 Å². The first-order chi connectivity index (χ1) is 8.22. The van der Waals surface area contributed by atoms with Crippen LogP contribution in [0, 0.1) is 5.92 Å². The minimum atomic E-state index is 0.0155. The van der Waals surface area contributed by atoms with Gasteiger partial charge in [-0.2, -0.15) is 0 Å². The van der Waals surface area contributed by atoms with Gasteiger partial charge in [0.1, 0.15) is 0 Å². The number of nitrogens with zero attached hydrogens (tertiary/aromatic N) is 2. The lowest BCUT2D eigenvalue weighted by molar-refractivity contribution is 0.0786. The van der Waals surface area contributed by atoms with Crippen molar-refractivity contribution < 1.29 is 4.79 Å². The molecule has 0 N–H and O–H groups in total. The van der Waals surface area contributed by atoms with E-state index in [1.165, 1.54) is 12.8 Å². The minimum Gasteiger partial charge on any atom is -0.338 e. The van der Waals surface area contributed by atoms with Crippen LogP contribution in [-0.2, 0) is 0 Å². The number of rotatable bonds is 3. The molecule has 0 saturated carbocycles.